The normalized spacial score (nSPS) is 21.1. The van der Waals surface area contributed by atoms with Crippen LogP contribution in [-0.4, -0.2) is 30.2 Å². The summed E-state index contributed by atoms with van der Waals surface area (Å²) in [6, 6.07) is 5.43. The molecule has 0 aliphatic carbocycles. The van der Waals surface area contributed by atoms with Gasteiger partial charge in [-0.05, 0) is 24.6 Å². The molecule has 0 saturated heterocycles. The van der Waals surface area contributed by atoms with Crippen LogP contribution >= 0.6 is 0 Å². The van der Waals surface area contributed by atoms with Gasteiger partial charge in [0.2, 0.25) is 0 Å². The molecule has 86 valence electrons. The minimum absolute atomic E-state index is 0.0184. The number of carbonyl (C=O) groups excluding carboxylic acids is 1. The second kappa shape index (κ2) is 3.73. The van der Waals surface area contributed by atoms with Crippen LogP contribution in [0.1, 0.15) is 16.8 Å². The van der Waals surface area contributed by atoms with Crippen molar-refractivity contribution >= 4 is 17.8 Å². The molecular weight excluding hydrogens is 216 g/mol. The highest BCUT2D eigenvalue weighted by atomic mass is 16.5. The first-order valence-electron chi connectivity index (χ1n) is 5.51. The van der Waals surface area contributed by atoms with Gasteiger partial charge in [0.05, 0.1) is 24.4 Å². The van der Waals surface area contributed by atoms with Crippen LogP contribution in [0.5, 0.6) is 5.75 Å². The summed E-state index contributed by atoms with van der Waals surface area (Å²) < 4.78 is 5.14. The van der Waals surface area contributed by atoms with Crippen molar-refractivity contribution in [2.24, 2.45) is 4.99 Å². The Morgan fingerprint density at radius 3 is 3.18 bits per heavy atom. The summed E-state index contributed by atoms with van der Waals surface area (Å²) in [6.07, 6.45) is 6.48. The van der Waals surface area contributed by atoms with Crippen LogP contribution in [0.15, 0.2) is 35.5 Å². The maximum Gasteiger partial charge on any atom is 0.260 e. The van der Waals surface area contributed by atoms with Gasteiger partial charge in [-0.1, -0.05) is 6.08 Å². The molecular formula is C13H12N2O2. The fourth-order valence-electron chi connectivity index (χ4n) is 2.12. The molecule has 0 aromatic heterocycles. The van der Waals surface area contributed by atoms with E-state index in [-0.39, 0.29) is 11.9 Å². The van der Waals surface area contributed by atoms with E-state index in [1.165, 1.54) is 0 Å². The number of aliphatic imine (C=N–C) groups is 1. The Bertz CT molecular complexity index is 534. The Balaban J connectivity index is 2.11. The van der Waals surface area contributed by atoms with E-state index >= 15 is 0 Å². The number of hydrogen-bond acceptors (Lipinski definition) is 3. The SMILES string of the molecule is COc1ccc2c(c1)C(=O)N1C=CCC1C=N2. The van der Waals surface area contributed by atoms with Crippen LogP contribution in [0.4, 0.5) is 5.69 Å². The zero-order valence-corrected chi connectivity index (χ0v) is 9.46. The number of methoxy groups -OCH3 is 1. The highest BCUT2D eigenvalue weighted by Crippen LogP contribution is 2.30. The Hall–Kier alpha value is -2.10. The van der Waals surface area contributed by atoms with Gasteiger partial charge < -0.3 is 9.64 Å². The molecule has 1 aromatic carbocycles. The molecule has 2 aliphatic heterocycles. The van der Waals surface area contributed by atoms with Crippen molar-refractivity contribution in [3.63, 3.8) is 0 Å². The summed E-state index contributed by atoms with van der Waals surface area (Å²) in [4.78, 5) is 18.4. The first-order valence-corrected chi connectivity index (χ1v) is 5.51. The van der Waals surface area contributed by atoms with Crippen LogP contribution in [-0.2, 0) is 0 Å². The van der Waals surface area contributed by atoms with E-state index in [2.05, 4.69) is 4.99 Å². The van der Waals surface area contributed by atoms with Gasteiger partial charge in [0, 0.05) is 12.4 Å². The minimum Gasteiger partial charge on any atom is -0.497 e. The van der Waals surface area contributed by atoms with Crippen LogP contribution in [0, 0.1) is 0 Å². The first kappa shape index (κ1) is 10.1. The van der Waals surface area contributed by atoms with E-state index in [9.17, 15) is 4.79 Å². The van der Waals surface area contributed by atoms with Crippen molar-refractivity contribution < 1.29 is 9.53 Å². The largest absolute Gasteiger partial charge is 0.497 e. The lowest BCUT2D eigenvalue weighted by Crippen LogP contribution is -2.32. The number of fused-ring (bicyclic) bond motifs is 2. The van der Waals surface area contributed by atoms with Gasteiger partial charge in [-0.25, -0.2) is 0 Å². The van der Waals surface area contributed by atoms with E-state index in [1.54, 1.807) is 18.1 Å². The zero-order valence-electron chi connectivity index (χ0n) is 9.46. The molecule has 0 fully saturated rings. The van der Waals surface area contributed by atoms with Crippen molar-refractivity contribution in [1.82, 2.24) is 4.90 Å². The van der Waals surface area contributed by atoms with E-state index in [0.29, 0.717) is 17.0 Å². The third-order valence-corrected chi connectivity index (χ3v) is 3.06. The summed E-state index contributed by atoms with van der Waals surface area (Å²) in [5.74, 6) is 0.657. The van der Waals surface area contributed by atoms with Crippen LogP contribution in [0.25, 0.3) is 0 Å². The Kier molecular flexibility index (Phi) is 2.21. The fraction of sp³-hybridized carbons (Fsp3) is 0.231. The summed E-state index contributed by atoms with van der Waals surface area (Å²) >= 11 is 0. The molecule has 0 spiro atoms. The summed E-state index contributed by atoms with van der Waals surface area (Å²) in [5, 5.41) is 0. The summed E-state index contributed by atoms with van der Waals surface area (Å²) in [7, 11) is 1.59. The molecule has 1 unspecified atom stereocenters. The topological polar surface area (TPSA) is 41.9 Å². The first-order chi connectivity index (χ1) is 8.29. The lowest BCUT2D eigenvalue weighted by molar-refractivity contribution is 0.0817. The molecule has 17 heavy (non-hydrogen) atoms. The molecule has 3 rings (SSSR count). The maximum absolute atomic E-state index is 12.3. The standard InChI is InChI=1S/C13H12N2O2/c1-17-10-4-5-12-11(7-10)13(16)15-6-2-3-9(15)8-14-12/h2,4-9H,3H2,1H3. The molecule has 4 nitrogen and oxygen atoms in total. The Morgan fingerprint density at radius 1 is 1.47 bits per heavy atom. The smallest absolute Gasteiger partial charge is 0.260 e. The van der Waals surface area contributed by atoms with Crippen molar-refractivity contribution in [3.8, 4) is 5.75 Å². The average Bonchev–Trinajstić information content (AvgIpc) is 2.79. The monoisotopic (exact) mass is 228 g/mol. The average molecular weight is 228 g/mol. The van der Waals surface area contributed by atoms with Gasteiger partial charge in [0.15, 0.2) is 0 Å². The Labute approximate surface area is 99.2 Å². The number of nitrogens with zero attached hydrogens (tertiary/aromatic N) is 2. The highest BCUT2D eigenvalue weighted by Gasteiger charge is 2.28. The number of hydrogen-bond donors (Lipinski definition) is 0. The summed E-state index contributed by atoms with van der Waals surface area (Å²) in [6.45, 7) is 0. The molecule has 4 heteroatoms. The molecule has 0 N–H and O–H groups in total. The minimum atomic E-state index is -0.0184. The predicted molar refractivity (Wildman–Crippen MR) is 64.9 cm³/mol. The van der Waals surface area contributed by atoms with Gasteiger partial charge in [0.1, 0.15) is 5.75 Å². The van der Waals surface area contributed by atoms with Crippen molar-refractivity contribution in [2.75, 3.05) is 7.11 Å². The van der Waals surface area contributed by atoms with E-state index in [4.69, 9.17) is 4.74 Å². The molecule has 2 heterocycles. The predicted octanol–water partition coefficient (Wildman–Crippen LogP) is 2.14. The Morgan fingerprint density at radius 2 is 2.35 bits per heavy atom. The molecule has 0 bridgehead atoms. The third-order valence-electron chi connectivity index (χ3n) is 3.06. The van der Waals surface area contributed by atoms with Gasteiger partial charge in [-0.15, -0.1) is 0 Å². The molecule has 0 saturated carbocycles. The number of benzene rings is 1. The van der Waals surface area contributed by atoms with E-state index in [0.717, 1.165) is 6.42 Å². The summed E-state index contributed by atoms with van der Waals surface area (Å²) in [5.41, 5.74) is 1.30. The molecule has 0 radical (unpaired) electrons. The molecule has 1 aromatic rings. The van der Waals surface area contributed by atoms with Crippen molar-refractivity contribution in [2.45, 2.75) is 12.5 Å². The zero-order chi connectivity index (χ0) is 11.8. The highest BCUT2D eigenvalue weighted by molar-refractivity contribution is 6.03. The number of rotatable bonds is 1. The van der Waals surface area contributed by atoms with Gasteiger partial charge in [-0.2, -0.15) is 0 Å². The van der Waals surface area contributed by atoms with E-state index < -0.39 is 0 Å². The fourth-order valence-corrected chi connectivity index (χ4v) is 2.12. The van der Waals surface area contributed by atoms with Gasteiger partial charge in [-0.3, -0.25) is 9.79 Å². The second-order valence-corrected chi connectivity index (χ2v) is 4.06. The lowest BCUT2D eigenvalue weighted by atomic mass is 10.1. The lowest BCUT2D eigenvalue weighted by Gasteiger charge is -2.18. The van der Waals surface area contributed by atoms with Crippen LogP contribution in [0.3, 0.4) is 0 Å². The quantitative estimate of drug-likeness (QED) is 0.739. The van der Waals surface area contributed by atoms with Gasteiger partial charge >= 0.3 is 0 Å². The molecule has 1 amide bonds. The van der Waals surface area contributed by atoms with E-state index in [1.807, 2.05) is 30.6 Å². The molecule has 2 aliphatic rings. The van der Waals surface area contributed by atoms with Crippen LogP contribution < -0.4 is 4.74 Å². The third kappa shape index (κ3) is 1.53. The van der Waals surface area contributed by atoms with Crippen LogP contribution in [0.2, 0.25) is 0 Å². The number of ether oxygens (including phenoxy) is 1. The maximum atomic E-state index is 12.3. The van der Waals surface area contributed by atoms with Crippen molar-refractivity contribution in [3.05, 3.63) is 36.0 Å². The van der Waals surface area contributed by atoms with Crippen molar-refractivity contribution in [1.29, 1.82) is 0 Å². The number of amides is 1. The van der Waals surface area contributed by atoms with Gasteiger partial charge in [0.25, 0.3) is 5.91 Å². The number of carbonyl (C=O) groups is 1. The molecule has 1 atom stereocenters. The second-order valence-electron chi connectivity index (χ2n) is 4.06.